The van der Waals surface area contributed by atoms with Gasteiger partial charge in [0.25, 0.3) is 5.92 Å². The minimum Gasteiger partial charge on any atom is -0.341 e. The second-order valence-electron chi connectivity index (χ2n) is 7.45. The third-order valence-corrected chi connectivity index (χ3v) is 5.77. The molecule has 0 aromatic heterocycles. The van der Waals surface area contributed by atoms with Gasteiger partial charge in [-0.1, -0.05) is 24.3 Å². The van der Waals surface area contributed by atoms with Crippen molar-refractivity contribution in [3.63, 3.8) is 0 Å². The highest BCUT2D eigenvalue weighted by Crippen LogP contribution is 2.52. The molecule has 2 unspecified atom stereocenters. The molecule has 1 aliphatic heterocycles. The molecule has 24 heavy (non-hydrogen) atoms. The predicted octanol–water partition coefficient (Wildman–Crippen LogP) is 3.54. The van der Waals surface area contributed by atoms with E-state index in [2.05, 4.69) is 0 Å². The van der Waals surface area contributed by atoms with E-state index >= 15 is 0 Å². The molecule has 1 aromatic rings. The quantitative estimate of drug-likeness (QED) is 0.716. The van der Waals surface area contributed by atoms with Crippen molar-refractivity contribution in [2.75, 3.05) is 13.1 Å². The number of rotatable bonds is 1. The molecular formula is C18H19F4NO. The van der Waals surface area contributed by atoms with Crippen LogP contribution >= 0.6 is 0 Å². The van der Waals surface area contributed by atoms with E-state index in [9.17, 15) is 22.4 Å². The number of benzene rings is 1. The van der Waals surface area contributed by atoms with E-state index in [0.29, 0.717) is 12.8 Å². The summed E-state index contributed by atoms with van der Waals surface area (Å²) < 4.78 is 55.7. The maximum absolute atomic E-state index is 14.2. The number of halogens is 4. The number of nitrogens with zero attached hydrogens (tertiary/aromatic N) is 1. The maximum Gasteiger partial charge on any atom is 0.257 e. The Balaban J connectivity index is 1.50. The van der Waals surface area contributed by atoms with Crippen molar-refractivity contribution in [1.29, 1.82) is 0 Å². The van der Waals surface area contributed by atoms with Gasteiger partial charge in [-0.25, -0.2) is 17.6 Å². The Morgan fingerprint density at radius 3 is 1.96 bits per heavy atom. The maximum atomic E-state index is 14.2. The highest BCUT2D eigenvalue weighted by molar-refractivity contribution is 5.80. The fourth-order valence-electron chi connectivity index (χ4n) is 4.56. The lowest BCUT2D eigenvalue weighted by Crippen LogP contribution is -2.61. The molecule has 2 nitrogen and oxygen atoms in total. The first-order valence-corrected chi connectivity index (χ1v) is 8.37. The number of carbonyl (C=O) groups is 1. The van der Waals surface area contributed by atoms with Crippen LogP contribution in [0.25, 0.3) is 0 Å². The van der Waals surface area contributed by atoms with Gasteiger partial charge in [0, 0.05) is 43.7 Å². The number of fused-ring (bicyclic) bond motifs is 3. The average Bonchev–Trinajstić information content (AvgIpc) is 2.92. The van der Waals surface area contributed by atoms with Gasteiger partial charge in [0.05, 0.1) is 0 Å². The first-order valence-electron chi connectivity index (χ1n) is 8.37. The number of piperidine rings is 1. The summed E-state index contributed by atoms with van der Waals surface area (Å²) in [5.74, 6) is -9.44. The molecule has 130 valence electrons. The zero-order valence-corrected chi connectivity index (χ0v) is 13.2. The summed E-state index contributed by atoms with van der Waals surface area (Å²) >= 11 is 0. The van der Waals surface area contributed by atoms with Crippen LogP contribution in [0.15, 0.2) is 24.3 Å². The zero-order valence-electron chi connectivity index (χ0n) is 13.2. The summed E-state index contributed by atoms with van der Waals surface area (Å²) in [6.07, 6.45) is -0.447. The van der Waals surface area contributed by atoms with Crippen LogP contribution in [0.1, 0.15) is 24.0 Å². The van der Waals surface area contributed by atoms with Crippen molar-refractivity contribution >= 4 is 5.91 Å². The molecule has 0 radical (unpaired) electrons. The Morgan fingerprint density at radius 1 is 0.958 bits per heavy atom. The Labute approximate surface area is 137 Å². The molecule has 1 saturated carbocycles. The smallest absolute Gasteiger partial charge is 0.257 e. The zero-order chi connectivity index (χ0) is 17.1. The molecule has 0 N–H and O–H groups in total. The second kappa shape index (κ2) is 5.20. The predicted molar refractivity (Wildman–Crippen MR) is 80.0 cm³/mol. The van der Waals surface area contributed by atoms with Gasteiger partial charge in [0.2, 0.25) is 11.8 Å². The molecule has 1 saturated heterocycles. The summed E-state index contributed by atoms with van der Waals surface area (Å²) in [5.41, 5.74) is 2.23. The summed E-state index contributed by atoms with van der Waals surface area (Å²) in [5, 5.41) is 0. The van der Waals surface area contributed by atoms with Gasteiger partial charge in [-0.3, -0.25) is 4.79 Å². The monoisotopic (exact) mass is 341 g/mol. The van der Waals surface area contributed by atoms with Crippen molar-refractivity contribution < 1.29 is 22.4 Å². The Hall–Kier alpha value is -1.59. The van der Waals surface area contributed by atoms with Gasteiger partial charge in [-0.15, -0.1) is 0 Å². The van der Waals surface area contributed by atoms with Crippen LogP contribution < -0.4 is 0 Å². The lowest BCUT2D eigenvalue weighted by atomic mass is 9.72. The molecular weight excluding hydrogens is 322 g/mol. The van der Waals surface area contributed by atoms with Crippen LogP contribution in [0.2, 0.25) is 0 Å². The van der Waals surface area contributed by atoms with Gasteiger partial charge in [0.15, 0.2) is 0 Å². The third-order valence-electron chi connectivity index (χ3n) is 5.77. The van der Waals surface area contributed by atoms with Crippen LogP contribution in [0.3, 0.4) is 0 Å². The lowest BCUT2D eigenvalue weighted by molar-refractivity contribution is -0.227. The standard InChI is InChI=1S/C18H19F4NO/c19-17(20)7-14-9-23(10-15(8-17)18(14,21)22)16(24)13-5-11-3-1-2-4-12(11)6-13/h1-4,13-15H,5-10H2. The number of likely N-dealkylation sites (tertiary alicyclic amines) is 1. The van der Waals surface area contributed by atoms with Gasteiger partial charge >= 0.3 is 0 Å². The molecule has 6 heteroatoms. The SMILES string of the molecule is O=C(C1Cc2ccccc2C1)N1CC2CC(F)(F)CC(C1)C2(F)F. The molecule has 1 heterocycles. The Morgan fingerprint density at radius 2 is 1.46 bits per heavy atom. The lowest BCUT2D eigenvalue weighted by Gasteiger charge is -2.49. The van der Waals surface area contributed by atoms with Crippen molar-refractivity contribution in [2.24, 2.45) is 17.8 Å². The van der Waals surface area contributed by atoms with E-state index in [4.69, 9.17) is 0 Å². The van der Waals surface area contributed by atoms with E-state index in [1.165, 1.54) is 4.90 Å². The van der Waals surface area contributed by atoms with Gasteiger partial charge in [-0.05, 0) is 24.0 Å². The van der Waals surface area contributed by atoms with E-state index in [-0.39, 0.29) is 24.9 Å². The van der Waals surface area contributed by atoms with Crippen molar-refractivity contribution in [3.8, 4) is 0 Å². The molecule has 2 atom stereocenters. The summed E-state index contributed by atoms with van der Waals surface area (Å²) in [6.45, 7) is -0.518. The van der Waals surface area contributed by atoms with E-state index in [1.807, 2.05) is 24.3 Å². The van der Waals surface area contributed by atoms with E-state index in [0.717, 1.165) is 11.1 Å². The second-order valence-corrected chi connectivity index (χ2v) is 7.45. The molecule has 2 aliphatic carbocycles. The van der Waals surface area contributed by atoms with Gasteiger partial charge in [0.1, 0.15) is 0 Å². The van der Waals surface area contributed by atoms with Crippen LogP contribution in [-0.2, 0) is 17.6 Å². The van der Waals surface area contributed by atoms with Crippen LogP contribution in [-0.4, -0.2) is 35.7 Å². The fraction of sp³-hybridized carbons (Fsp3) is 0.611. The number of hydrogen-bond acceptors (Lipinski definition) is 1. The number of hydrogen-bond donors (Lipinski definition) is 0. The molecule has 1 amide bonds. The van der Waals surface area contributed by atoms with Gasteiger partial charge in [-0.2, -0.15) is 0 Å². The van der Waals surface area contributed by atoms with Crippen LogP contribution in [0.5, 0.6) is 0 Å². The first-order chi connectivity index (χ1) is 11.3. The molecule has 3 aliphatic rings. The molecule has 2 fully saturated rings. The summed E-state index contributed by atoms with van der Waals surface area (Å²) in [4.78, 5) is 14.2. The summed E-state index contributed by atoms with van der Waals surface area (Å²) in [7, 11) is 0. The van der Waals surface area contributed by atoms with Crippen molar-refractivity contribution in [1.82, 2.24) is 4.90 Å². The number of amides is 1. The van der Waals surface area contributed by atoms with E-state index < -0.39 is 36.5 Å². The normalized spacial score (nSPS) is 30.9. The third kappa shape index (κ3) is 2.50. The fourth-order valence-corrected chi connectivity index (χ4v) is 4.56. The number of carbonyl (C=O) groups excluding carboxylic acids is 1. The topological polar surface area (TPSA) is 20.3 Å². The minimum absolute atomic E-state index is 0.165. The van der Waals surface area contributed by atoms with Crippen LogP contribution in [0.4, 0.5) is 17.6 Å². The molecule has 1 aromatic carbocycles. The van der Waals surface area contributed by atoms with E-state index in [1.54, 1.807) is 0 Å². The molecule has 4 rings (SSSR count). The number of alkyl halides is 4. The average molecular weight is 341 g/mol. The summed E-state index contributed by atoms with van der Waals surface area (Å²) in [6, 6.07) is 7.78. The van der Waals surface area contributed by atoms with Crippen molar-refractivity contribution in [3.05, 3.63) is 35.4 Å². The first kappa shape index (κ1) is 15.9. The van der Waals surface area contributed by atoms with Crippen molar-refractivity contribution in [2.45, 2.75) is 37.5 Å². The minimum atomic E-state index is -3.10. The Bertz CT molecular complexity index is 630. The molecule has 2 bridgehead atoms. The highest BCUT2D eigenvalue weighted by Gasteiger charge is 2.61. The molecule has 0 spiro atoms. The largest absolute Gasteiger partial charge is 0.341 e. The van der Waals surface area contributed by atoms with Crippen LogP contribution in [0, 0.1) is 17.8 Å². The Kier molecular flexibility index (Phi) is 3.45. The van der Waals surface area contributed by atoms with Gasteiger partial charge < -0.3 is 4.90 Å². The highest BCUT2D eigenvalue weighted by atomic mass is 19.3.